The fraction of sp³-hybridized carbons (Fsp3) is 0.667. The minimum Gasteiger partial charge on any atom is -0.299 e. The van der Waals surface area contributed by atoms with Gasteiger partial charge in [-0.1, -0.05) is 6.92 Å². The Hall–Kier alpha value is -1.36. The molecule has 17 heavy (non-hydrogen) atoms. The van der Waals surface area contributed by atoms with Crippen LogP contribution in [-0.4, -0.2) is 35.2 Å². The van der Waals surface area contributed by atoms with E-state index >= 15 is 0 Å². The summed E-state index contributed by atoms with van der Waals surface area (Å²) in [5.41, 5.74) is -1.72. The van der Waals surface area contributed by atoms with E-state index in [0.717, 1.165) is 0 Å². The molecule has 0 fully saturated rings. The summed E-state index contributed by atoms with van der Waals surface area (Å²) in [6.07, 6.45) is 0. The van der Waals surface area contributed by atoms with Crippen LogP contribution in [0.3, 0.4) is 0 Å². The van der Waals surface area contributed by atoms with Crippen molar-refractivity contribution in [2.75, 3.05) is 6.54 Å². The molecule has 5 nitrogen and oxygen atoms in total. The van der Waals surface area contributed by atoms with Crippen LogP contribution in [0.1, 0.15) is 34.6 Å². The number of carbonyl (C=O) groups is 4. The zero-order valence-corrected chi connectivity index (χ0v) is 10.9. The van der Waals surface area contributed by atoms with E-state index in [0.29, 0.717) is 6.54 Å². The third-order valence-corrected chi connectivity index (χ3v) is 2.81. The molecular weight excluding hydrogens is 222 g/mol. The quantitative estimate of drug-likeness (QED) is 0.649. The van der Waals surface area contributed by atoms with E-state index in [1.807, 2.05) is 0 Å². The van der Waals surface area contributed by atoms with E-state index in [9.17, 15) is 19.2 Å². The molecule has 0 atom stereocenters. The van der Waals surface area contributed by atoms with Crippen LogP contribution in [0.25, 0.3) is 0 Å². The van der Waals surface area contributed by atoms with Crippen LogP contribution in [0.5, 0.6) is 0 Å². The molecule has 0 heterocycles. The summed E-state index contributed by atoms with van der Waals surface area (Å²) in [5.74, 6) is -3.24. The Balaban J connectivity index is 5.86. The van der Waals surface area contributed by atoms with Gasteiger partial charge in [-0.3, -0.25) is 24.5 Å². The maximum atomic E-state index is 11.8. The molecule has 0 radical (unpaired) electrons. The van der Waals surface area contributed by atoms with Crippen molar-refractivity contribution in [3.05, 3.63) is 0 Å². The van der Waals surface area contributed by atoms with E-state index in [1.54, 1.807) is 6.92 Å². The highest BCUT2D eigenvalue weighted by molar-refractivity contribution is 6.19. The van der Waals surface area contributed by atoms with Crippen LogP contribution < -0.4 is 5.32 Å². The first-order chi connectivity index (χ1) is 7.71. The third-order valence-electron chi connectivity index (χ3n) is 2.81. The largest absolute Gasteiger partial charge is 0.299 e. The molecule has 5 heteroatoms. The molecule has 0 aromatic carbocycles. The van der Waals surface area contributed by atoms with Crippen LogP contribution in [0, 0.1) is 5.92 Å². The van der Waals surface area contributed by atoms with Crippen LogP contribution in [0.2, 0.25) is 0 Å². The normalized spacial score (nSPS) is 11.4. The van der Waals surface area contributed by atoms with E-state index < -0.39 is 34.6 Å². The van der Waals surface area contributed by atoms with Gasteiger partial charge in [-0.15, -0.1) is 0 Å². The van der Waals surface area contributed by atoms with Crippen molar-refractivity contribution in [1.29, 1.82) is 0 Å². The molecule has 0 aliphatic heterocycles. The Morgan fingerprint density at radius 1 is 0.941 bits per heavy atom. The number of Topliss-reactive ketones (excluding diaryl/α,β-unsaturated/α-hetero) is 4. The zero-order chi connectivity index (χ0) is 13.8. The Labute approximate surface area is 101 Å². The average molecular weight is 241 g/mol. The van der Waals surface area contributed by atoms with Crippen molar-refractivity contribution in [3.8, 4) is 0 Å². The number of ketones is 4. The van der Waals surface area contributed by atoms with Gasteiger partial charge in [0.2, 0.25) is 0 Å². The smallest absolute Gasteiger partial charge is 0.158 e. The van der Waals surface area contributed by atoms with Gasteiger partial charge in [-0.25, -0.2) is 0 Å². The topological polar surface area (TPSA) is 80.3 Å². The highest BCUT2D eigenvalue weighted by Crippen LogP contribution is 2.23. The van der Waals surface area contributed by atoms with Gasteiger partial charge in [-0.05, 0) is 34.2 Å². The van der Waals surface area contributed by atoms with Crippen molar-refractivity contribution in [2.24, 2.45) is 5.92 Å². The molecule has 0 spiro atoms. The highest BCUT2D eigenvalue weighted by Gasteiger charge is 2.51. The van der Waals surface area contributed by atoms with Crippen molar-refractivity contribution < 1.29 is 19.2 Å². The van der Waals surface area contributed by atoms with Crippen LogP contribution in [0.15, 0.2) is 0 Å². The summed E-state index contributed by atoms with van der Waals surface area (Å²) in [5, 5.41) is 2.72. The Kier molecular flexibility index (Phi) is 5.35. The summed E-state index contributed by atoms with van der Waals surface area (Å²) >= 11 is 0. The Morgan fingerprint density at radius 2 is 1.29 bits per heavy atom. The fourth-order valence-electron chi connectivity index (χ4n) is 2.18. The van der Waals surface area contributed by atoms with Crippen molar-refractivity contribution in [2.45, 2.75) is 40.2 Å². The van der Waals surface area contributed by atoms with Gasteiger partial charge in [0.1, 0.15) is 17.5 Å². The maximum absolute atomic E-state index is 11.8. The molecule has 0 unspecified atom stereocenters. The first-order valence-corrected chi connectivity index (χ1v) is 5.49. The molecule has 0 bridgehead atoms. The minimum absolute atomic E-state index is 0.316. The van der Waals surface area contributed by atoms with Crippen LogP contribution in [0.4, 0.5) is 0 Å². The summed E-state index contributed by atoms with van der Waals surface area (Å²) < 4.78 is 0. The standard InChI is InChI=1S/C12H19NO4/c1-6-13-12(9(4)16,10(5)17)11(7(2)14)8(3)15/h11,13H,6H2,1-5H3. The first kappa shape index (κ1) is 15.6. The van der Waals surface area contributed by atoms with Crippen molar-refractivity contribution >= 4 is 23.1 Å². The van der Waals surface area contributed by atoms with Gasteiger partial charge in [-0.2, -0.15) is 0 Å². The van der Waals surface area contributed by atoms with Gasteiger partial charge >= 0.3 is 0 Å². The zero-order valence-electron chi connectivity index (χ0n) is 10.9. The van der Waals surface area contributed by atoms with Crippen LogP contribution in [-0.2, 0) is 19.2 Å². The second kappa shape index (κ2) is 5.82. The lowest BCUT2D eigenvalue weighted by atomic mass is 9.73. The second-order valence-electron chi connectivity index (χ2n) is 4.11. The molecule has 96 valence electrons. The second-order valence-corrected chi connectivity index (χ2v) is 4.11. The lowest BCUT2D eigenvalue weighted by Crippen LogP contribution is -2.64. The number of nitrogens with one attached hydrogen (secondary N) is 1. The number of carbonyl (C=O) groups excluding carboxylic acids is 4. The van der Waals surface area contributed by atoms with Crippen LogP contribution >= 0.6 is 0 Å². The number of rotatable bonds is 7. The molecule has 0 aromatic heterocycles. The van der Waals surface area contributed by atoms with Crippen molar-refractivity contribution in [1.82, 2.24) is 5.32 Å². The molecule has 0 saturated carbocycles. The minimum atomic E-state index is -1.72. The fourth-order valence-corrected chi connectivity index (χ4v) is 2.18. The average Bonchev–Trinajstić information content (AvgIpc) is 2.14. The summed E-state index contributed by atoms with van der Waals surface area (Å²) in [6, 6.07) is 0. The lowest BCUT2D eigenvalue weighted by molar-refractivity contribution is -0.147. The maximum Gasteiger partial charge on any atom is 0.158 e. The van der Waals surface area contributed by atoms with Gasteiger partial charge in [0, 0.05) is 0 Å². The van der Waals surface area contributed by atoms with Gasteiger partial charge in [0.15, 0.2) is 17.1 Å². The molecule has 0 saturated heterocycles. The molecule has 0 aliphatic carbocycles. The van der Waals surface area contributed by atoms with Gasteiger partial charge < -0.3 is 0 Å². The van der Waals surface area contributed by atoms with E-state index in [4.69, 9.17) is 0 Å². The predicted octanol–water partition coefficient (Wildman–Crippen LogP) is 0.307. The lowest BCUT2D eigenvalue weighted by Gasteiger charge is -2.34. The molecule has 1 N–H and O–H groups in total. The highest BCUT2D eigenvalue weighted by atomic mass is 16.2. The molecule has 0 rings (SSSR count). The monoisotopic (exact) mass is 241 g/mol. The molecular formula is C12H19NO4. The summed E-state index contributed by atoms with van der Waals surface area (Å²) in [4.78, 5) is 46.6. The van der Waals surface area contributed by atoms with E-state index in [-0.39, 0.29) is 0 Å². The number of hydrogen-bond acceptors (Lipinski definition) is 5. The molecule has 0 amide bonds. The van der Waals surface area contributed by atoms with Gasteiger partial charge in [0.05, 0.1) is 0 Å². The summed E-state index contributed by atoms with van der Waals surface area (Å²) in [6.45, 7) is 6.87. The number of hydrogen-bond donors (Lipinski definition) is 1. The Morgan fingerprint density at radius 3 is 1.47 bits per heavy atom. The number of likely N-dealkylation sites (N-methyl/N-ethyl adjacent to an activating group) is 1. The molecule has 0 aromatic rings. The SMILES string of the molecule is CCNC(C(C)=O)(C(C)=O)C(C(C)=O)C(C)=O. The van der Waals surface area contributed by atoms with Gasteiger partial charge in [0.25, 0.3) is 0 Å². The Bertz CT molecular complexity index is 332. The first-order valence-electron chi connectivity index (χ1n) is 5.49. The summed E-state index contributed by atoms with van der Waals surface area (Å²) in [7, 11) is 0. The van der Waals surface area contributed by atoms with E-state index in [2.05, 4.69) is 5.32 Å². The van der Waals surface area contributed by atoms with Crippen molar-refractivity contribution in [3.63, 3.8) is 0 Å². The third kappa shape index (κ3) is 2.85. The predicted molar refractivity (Wildman–Crippen MR) is 62.6 cm³/mol. The van der Waals surface area contributed by atoms with E-state index in [1.165, 1.54) is 27.7 Å². The molecule has 0 aliphatic rings.